The summed E-state index contributed by atoms with van der Waals surface area (Å²) in [5.74, 6) is 0. The van der Waals surface area contributed by atoms with Gasteiger partial charge in [0, 0.05) is 25.4 Å². The van der Waals surface area contributed by atoms with E-state index in [-0.39, 0.29) is 11.8 Å². The van der Waals surface area contributed by atoms with Crippen molar-refractivity contribution in [2.75, 3.05) is 13.2 Å². The van der Waals surface area contributed by atoms with E-state index < -0.39 is 0 Å². The van der Waals surface area contributed by atoms with Crippen LogP contribution in [-0.2, 0) is 16.0 Å². The van der Waals surface area contributed by atoms with Gasteiger partial charge in [-0.3, -0.25) is 4.79 Å². The Morgan fingerprint density at radius 1 is 1.33 bits per heavy atom. The summed E-state index contributed by atoms with van der Waals surface area (Å²) in [6.07, 6.45) is 6.58. The molecule has 1 aliphatic heterocycles. The number of hydrogen-bond donors (Lipinski definition) is 0. The monoisotopic (exact) mass is 249 g/mol. The summed E-state index contributed by atoms with van der Waals surface area (Å²) in [7, 11) is 0. The average molecular weight is 249 g/mol. The van der Waals surface area contributed by atoms with Crippen molar-refractivity contribution in [3.8, 4) is 0 Å². The zero-order chi connectivity index (χ0) is 12.4. The fourth-order valence-electron chi connectivity index (χ4n) is 2.08. The minimum absolute atomic E-state index is 0.0363. The molecule has 0 amide bonds. The Bertz CT molecular complexity index is 584. The molecule has 1 aliphatic rings. The topological polar surface area (TPSA) is 57.8 Å². The number of aromatic nitrogens is 3. The molecule has 6 heteroatoms. The highest BCUT2D eigenvalue weighted by atomic mass is 16.7. The van der Waals surface area contributed by atoms with E-state index in [1.54, 1.807) is 33.7 Å². The third kappa shape index (κ3) is 2.16. The third-order valence-electron chi connectivity index (χ3n) is 3.04. The van der Waals surface area contributed by atoms with Crippen molar-refractivity contribution >= 4 is 5.52 Å². The number of hydrogen-bond acceptors (Lipinski definition) is 4. The summed E-state index contributed by atoms with van der Waals surface area (Å²) in [4.78, 5) is 12.1. The summed E-state index contributed by atoms with van der Waals surface area (Å²) < 4.78 is 14.2. The van der Waals surface area contributed by atoms with E-state index in [9.17, 15) is 4.79 Å². The Hall–Kier alpha value is -1.66. The van der Waals surface area contributed by atoms with Crippen LogP contribution in [0.1, 0.15) is 12.8 Å². The number of ether oxygens (including phenoxy) is 2. The second-order valence-electron chi connectivity index (χ2n) is 4.27. The van der Waals surface area contributed by atoms with Gasteiger partial charge in [0.15, 0.2) is 6.29 Å². The van der Waals surface area contributed by atoms with Gasteiger partial charge < -0.3 is 14.0 Å². The SMILES string of the molecule is O=c1c2ccnn2ccn1CCC1OCCCO1. The Morgan fingerprint density at radius 2 is 2.17 bits per heavy atom. The van der Waals surface area contributed by atoms with Crippen molar-refractivity contribution in [3.63, 3.8) is 0 Å². The molecule has 2 aromatic rings. The molecule has 0 atom stereocenters. The number of nitrogens with zero attached hydrogens (tertiary/aromatic N) is 3. The lowest BCUT2D eigenvalue weighted by molar-refractivity contribution is -0.182. The maximum Gasteiger partial charge on any atom is 0.276 e. The second-order valence-corrected chi connectivity index (χ2v) is 4.27. The van der Waals surface area contributed by atoms with Gasteiger partial charge in [-0.1, -0.05) is 0 Å². The molecule has 0 aromatic carbocycles. The highest BCUT2D eigenvalue weighted by Crippen LogP contribution is 2.09. The summed E-state index contributed by atoms with van der Waals surface area (Å²) in [5.41, 5.74) is 0.550. The van der Waals surface area contributed by atoms with Crippen molar-refractivity contribution in [2.24, 2.45) is 0 Å². The summed E-state index contributed by atoms with van der Waals surface area (Å²) in [6, 6.07) is 1.71. The van der Waals surface area contributed by atoms with Gasteiger partial charge in [-0.25, -0.2) is 4.52 Å². The van der Waals surface area contributed by atoms with Crippen LogP contribution in [0.2, 0.25) is 0 Å². The van der Waals surface area contributed by atoms with E-state index in [4.69, 9.17) is 9.47 Å². The van der Waals surface area contributed by atoms with Crippen molar-refractivity contribution < 1.29 is 9.47 Å². The molecule has 0 N–H and O–H groups in total. The second kappa shape index (κ2) is 4.91. The maximum absolute atomic E-state index is 12.1. The van der Waals surface area contributed by atoms with E-state index in [1.165, 1.54) is 0 Å². The Balaban J connectivity index is 1.74. The van der Waals surface area contributed by atoms with Gasteiger partial charge in [0.2, 0.25) is 0 Å². The fourth-order valence-corrected chi connectivity index (χ4v) is 2.08. The predicted molar refractivity (Wildman–Crippen MR) is 64.4 cm³/mol. The van der Waals surface area contributed by atoms with Crippen molar-refractivity contribution in [1.82, 2.24) is 14.2 Å². The van der Waals surface area contributed by atoms with Gasteiger partial charge >= 0.3 is 0 Å². The van der Waals surface area contributed by atoms with E-state index in [1.807, 2.05) is 0 Å². The molecule has 0 spiro atoms. The van der Waals surface area contributed by atoms with E-state index in [0.29, 0.717) is 18.5 Å². The molecule has 0 radical (unpaired) electrons. The minimum atomic E-state index is -0.188. The van der Waals surface area contributed by atoms with Gasteiger partial charge in [-0.05, 0) is 12.5 Å². The molecule has 0 saturated carbocycles. The van der Waals surface area contributed by atoms with Crippen molar-refractivity contribution in [3.05, 3.63) is 35.0 Å². The zero-order valence-electron chi connectivity index (χ0n) is 9.99. The molecule has 0 unspecified atom stereocenters. The number of aryl methyl sites for hydroxylation is 1. The van der Waals surface area contributed by atoms with Crippen LogP contribution in [0.5, 0.6) is 0 Å². The highest BCUT2D eigenvalue weighted by molar-refractivity contribution is 5.42. The largest absolute Gasteiger partial charge is 0.353 e. The van der Waals surface area contributed by atoms with Gasteiger partial charge in [-0.15, -0.1) is 0 Å². The summed E-state index contributed by atoms with van der Waals surface area (Å²) in [6.45, 7) is 2.06. The molecule has 18 heavy (non-hydrogen) atoms. The highest BCUT2D eigenvalue weighted by Gasteiger charge is 2.14. The Morgan fingerprint density at radius 3 is 3.00 bits per heavy atom. The van der Waals surface area contributed by atoms with Crippen LogP contribution in [0, 0.1) is 0 Å². The molecular formula is C12H15N3O3. The van der Waals surface area contributed by atoms with Crippen LogP contribution in [-0.4, -0.2) is 33.7 Å². The first-order valence-electron chi connectivity index (χ1n) is 6.10. The fraction of sp³-hybridized carbons (Fsp3) is 0.500. The van der Waals surface area contributed by atoms with Gasteiger partial charge in [0.25, 0.3) is 5.56 Å². The molecule has 2 aromatic heterocycles. The van der Waals surface area contributed by atoms with Crippen LogP contribution >= 0.6 is 0 Å². The zero-order valence-corrected chi connectivity index (χ0v) is 9.99. The normalized spacial score (nSPS) is 17.3. The standard InChI is InChI=1S/C12H15N3O3/c16-12-10-2-4-13-15(10)7-6-14(12)5-3-11-17-8-1-9-18-11/h2,4,6-7,11H,1,3,5,8-9H2. The minimum Gasteiger partial charge on any atom is -0.353 e. The Labute approximate surface area is 104 Å². The van der Waals surface area contributed by atoms with E-state index >= 15 is 0 Å². The Kier molecular flexibility index (Phi) is 3.12. The lowest BCUT2D eigenvalue weighted by atomic mass is 10.3. The average Bonchev–Trinajstić information content (AvgIpc) is 2.88. The van der Waals surface area contributed by atoms with Crippen molar-refractivity contribution in [1.29, 1.82) is 0 Å². The smallest absolute Gasteiger partial charge is 0.276 e. The lowest BCUT2D eigenvalue weighted by Gasteiger charge is -2.23. The van der Waals surface area contributed by atoms with Crippen LogP contribution in [0.3, 0.4) is 0 Å². The molecule has 3 rings (SSSR count). The molecule has 0 aliphatic carbocycles. The van der Waals surface area contributed by atoms with Crippen molar-refractivity contribution in [2.45, 2.75) is 25.7 Å². The van der Waals surface area contributed by atoms with Crippen LogP contribution in [0.15, 0.2) is 29.5 Å². The molecular weight excluding hydrogens is 234 g/mol. The lowest BCUT2D eigenvalue weighted by Crippen LogP contribution is -2.28. The summed E-state index contributed by atoms with van der Waals surface area (Å²) >= 11 is 0. The first kappa shape index (κ1) is 11.4. The number of rotatable bonds is 3. The predicted octanol–water partition coefficient (Wildman–Crippen LogP) is 0.649. The van der Waals surface area contributed by atoms with Crippen LogP contribution in [0.25, 0.3) is 5.52 Å². The molecule has 1 saturated heterocycles. The first-order chi connectivity index (χ1) is 8.84. The molecule has 96 valence electrons. The molecule has 3 heterocycles. The number of fused-ring (bicyclic) bond motifs is 1. The first-order valence-corrected chi connectivity index (χ1v) is 6.10. The van der Waals surface area contributed by atoms with Crippen LogP contribution < -0.4 is 5.56 Å². The molecule has 6 nitrogen and oxygen atoms in total. The summed E-state index contributed by atoms with van der Waals surface area (Å²) in [5, 5.41) is 4.02. The third-order valence-corrected chi connectivity index (χ3v) is 3.04. The van der Waals surface area contributed by atoms with E-state index in [0.717, 1.165) is 19.6 Å². The quantitative estimate of drug-likeness (QED) is 0.801. The molecule has 0 bridgehead atoms. The molecule has 1 fully saturated rings. The maximum atomic E-state index is 12.1. The van der Waals surface area contributed by atoms with Crippen LogP contribution in [0.4, 0.5) is 0 Å². The van der Waals surface area contributed by atoms with E-state index in [2.05, 4.69) is 5.10 Å². The van der Waals surface area contributed by atoms with Gasteiger partial charge in [0.1, 0.15) is 5.52 Å². The van der Waals surface area contributed by atoms with Gasteiger partial charge in [-0.2, -0.15) is 5.10 Å². The van der Waals surface area contributed by atoms with Gasteiger partial charge in [0.05, 0.1) is 19.4 Å².